The van der Waals surface area contributed by atoms with Gasteiger partial charge in [-0.1, -0.05) is 6.92 Å². The van der Waals surface area contributed by atoms with E-state index in [2.05, 4.69) is 19.2 Å². The largest absolute Gasteiger partial charge is 0.379 e. The first-order chi connectivity index (χ1) is 7.16. The van der Waals surface area contributed by atoms with Gasteiger partial charge in [0.25, 0.3) is 0 Å². The Balaban J connectivity index is 3.09. The van der Waals surface area contributed by atoms with Crippen LogP contribution in [0.25, 0.3) is 0 Å². The molecule has 0 bridgehead atoms. The molecule has 0 saturated heterocycles. The highest BCUT2D eigenvalue weighted by Crippen LogP contribution is 1.93. The first-order valence-electron chi connectivity index (χ1n) is 6.09. The Morgan fingerprint density at radius 2 is 1.80 bits per heavy atom. The molecule has 0 aromatic rings. The highest BCUT2D eigenvalue weighted by Gasteiger charge is 1.99. The fourth-order valence-corrected chi connectivity index (χ4v) is 1.20. The SMILES string of the molecule is CCCNC(C)CCOCCOC(C)C. The molecule has 0 rings (SSSR count). The second-order valence-electron chi connectivity index (χ2n) is 4.18. The van der Waals surface area contributed by atoms with E-state index in [0.717, 1.165) is 19.6 Å². The molecule has 3 nitrogen and oxygen atoms in total. The minimum Gasteiger partial charge on any atom is -0.379 e. The Labute approximate surface area is 94.5 Å². The molecule has 1 atom stereocenters. The van der Waals surface area contributed by atoms with Crippen LogP contribution in [0.2, 0.25) is 0 Å². The van der Waals surface area contributed by atoms with Gasteiger partial charge in [-0.2, -0.15) is 0 Å². The number of nitrogens with one attached hydrogen (secondary N) is 1. The lowest BCUT2D eigenvalue weighted by atomic mass is 10.2. The van der Waals surface area contributed by atoms with Crippen molar-refractivity contribution in [2.45, 2.75) is 52.7 Å². The van der Waals surface area contributed by atoms with Gasteiger partial charge in [0, 0.05) is 12.6 Å². The van der Waals surface area contributed by atoms with Crippen LogP contribution in [-0.2, 0) is 9.47 Å². The van der Waals surface area contributed by atoms with Crippen molar-refractivity contribution >= 4 is 0 Å². The van der Waals surface area contributed by atoms with Crippen LogP contribution in [0.5, 0.6) is 0 Å². The highest BCUT2D eigenvalue weighted by molar-refractivity contribution is 4.58. The zero-order valence-corrected chi connectivity index (χ0v) is 10.7. The summed E-state index contributed by atoms with van der Waals surface area (Å²) in [6.07, 6.45) is 2.56. The van der Waals surface area contributed by atoms with Gasteiger partial charge in [0.1, 0.15) is 0 Å². The molecule has 0 spiro atoms. The minimum absolute atomic E-state index is 0.304. The van der Waals surface area contributed by atoms with Gasteiger partial charge in [0.05, 0.1) is 19.3 Å². The van der Waals surface area contributed by atoms with E-state index in [4.69, 9.17) is 9.47 Å². The van der Waals surface area contributed by atoms with Crippen LogP contribution in [0.3, 0.4) is 0 Å². The predicted octanol–water partition coefficient (Wildman–Crippen LogP) is 2.21. The maximum Gasteiger partial charge on any atom is 0.0703 e. The first-order valence-corrected chi connectivity index (χ1v) is 6.09. The third-order valence-corrected chi connectivity index (χ3v) is 2.12. The van der Waals surface area contributed by atoms with Crippen LogP contribution in [0.1, 0.15) is 40.5 Å². The number of hydrogen-bond donors (Lipinski definition) is 1. The van der Waals surface area contributed by atoms with Crippen molar-refractivity contribution in [1.29, 1.82) is 0 Å². The Morgan fingerprint density at radius 3 is 2.40 bits per heavy atom. The monoisotopic (exact) mass is 217 g/mol. The third-order valence-electron chi connectivity index (χ3n) is 2.12. The van der Waals surface area contributed by atoms with Crippen LogP contribution in [-0.4, -0.2) is 38.5 Å². The summed E-state index contributed by atoms with van der Waals surface area (Å²) in [4.78, 5) is 0. The van der Waals surface area contributed by atoms with E-state index in [1.807, 2.05) is 13.8 Å². The van der Waals surface area contributed by atoms with Gasteiger partial charge in [0.2, 0.25) is 0 Å². The van der Waals surface area contributed by atoms with E-state index >= 15 is 0 Å². The average molecular weight is 217 g/mol. The van der Waals surface area contributed by atoms with Gasteiger partial charge >= 0.3 is 0 Å². The summed E-state index contributed by atoms with van der Waals surface area (Å²) < 4.78 is 10.8. The molecule has 0 amide bonds. The molecule has 0 aromatic carbocycles. The molecule has 0 aromatic heterocycles. The molecule has 1 N–H and O–H groups in total. The van der Waals surface area contributed by atoms with E-state index < -0.39 is 0 Å². The van der Waals surface area contributed by atoms with Crippen LogP contribution in [0, 0.1) is 0 Å². The van der Waals surface area contributed by atoms with Gasteiger partial charge in [0.15, 0.2) is 0 Å². The molecule has 92 valence electrons. The summed E-state index contributed by atoms with van der Waals surface area (Å²) in [5.74, 6) is 0. The Bertz CT molecular complexity index is 129. The van der Waals surface area contributed by atoms with E-state index in [1.165, 1.54) is 6.42 Å². The van der Waals surface area contributed by atoms with E-state index in [0.29, 0.717) is 25.4 Å². The predicted molar refractivity (Wildman–Crippen MR) is 64.3 cm³/mol. The zero-order chi connectivity index (χ0) is 11.5. The van der Waals surface area contributed by atoms with Gasteiger partial charge < -0.3 is 14.8 Å². The normalized spacial score (nSPS) is 13.4. The lowest BCUT2D eigenvalue weighted by molar-refractivity contribution is 0.0177. The van der Waals surface area contributed by atoms with Crippen LogP contribution in [0.15, 0.2) is 0 Å². The van der Waals surface area contributed by atoms with Crippen molar-refractivity contribution in [3.05, 3.63) is 0 Å². The van der Waals surface area contributed by atoms with Crippen molar-refractivity contribution in [2.24, 2.45) is 0 Å². The third kappa shape index (κ3) is 11.8. The fraction of sp³-hybridized carbons (Fsp3) is 1.00. The summed E-state index contributed by atoms with van der Waals surface area (Å²) >= 11 is 0. The maximum atomic E-state index is 5.47. The molecule has 0 aliphatic carbocycles. The van der Waals surface area contributed by atoms with Gasteiger partial charge in [-0.15, -0.1) is 0 Å². The molecular weight excluding hydrogens is 190 g/mol. The topological polar surface area (TPSA) is 30.5 Å². The molecular formula is C12H27NO2. The first kappa shape index (κ1) is 14.9. The quantitative estimate of drug-likeness (QED) is 0.569. The zero-order valence-electron chi connectivity index (χ0n) is 10.7. The Hall–Kier alpha value is -0.120. The average Bonchev–Trinajstić information content (AvgIpc) is 2.19. The molecule has 0 aliphatic rings. The fourth-order valence-electron chi connectivity index (χ4n) is 1.20. The Kier molecular flexibility index (Phi) is 10.3. The van der Waals surface area contributed by atoms with Crippen molar-refractivity contribution in [3.63, 3.8) is 0 Å². The summed E-state index contributed by atoms with van der Waals surface area (Å²) in [7, 11) is 0. The highest BCUT2D eigenvalue weighted by atomic mass is 16.5. The molecule has 3 heteroatoms. The second kappa shape index (κ2) is 10.4. The van der Waals surface area contributed by atoms with Gasteiger partial charge in [-0.05, 0) is 40.2 Å². The Morgan fingerprint density at radius 1 is 1.07 bits per heavy atom. The molecule has 0 aliphatic heterocycles. The molecule has 0 fully saturated rings. The van der Waals surface area contributed by atoms with E-state index in [-0.39, 0.29) is 0 Å². The lowest BCUT2D eigenvalue weighted by Gasteiger charge is -2.13. The maximum absolute atomic E-state index is 5.47. The molecule has 0 heterocycles. The lowest BCUT2D eigenvalue weighted by Crippen LogP contribution is -2.28. The van der Waals surface area contributed by atoms with Crippen LogP contribution < -0.4 is 5.32 Å². The van der Waals surface area contributed by atoms with Crippen molar-refractivity contribution < 1.29 is 9.47 Å². The second-order valence-corrected chi connectivity index (χ2v) is 4.18. The smallest absolute Gasteiger partial charge is 0.0703 e. The van der Waals surface area contributed by atoms with E-state index in [1.54, 1.807) is 0 Å². The van der Waals surface area contributed by atoms with E-state index in [9.17, 15) is 0 Å². The van der Waals surface area contributed by atoms with Crippen molar-refractivity contribution in [2.75, 3.05) is 26.4 Å². The molecule has 0 radical (unpaired) electrons. The molecule has 1 unspecified atom stereocenters. The minimum atomic E-state index is 0.304. The van der Waals surface area contributed by atoms with Crippen LogP contribution in [0.4, 0.5) is 0 Å². The summed E-state index contributed by atoms with van der Waals surface area (Å²) in [5, 5.41) is 3.43. The van der Waals surface area contributed by atoms with Gasteiger partial charge in [-0.3, -0.25) is 0 Å². The summed E-state index contributed by atoms with van der Waals surface area (Å²) in [5.41, 5.74) is 0. The van der Waals surface area contributed by atoms with Crippen LogP contribution >= 0.6 is 0 Å². The molecule has 0 saturated carbocycles. The number of hydrogen-bond acceptors (Lipinski definition) is 3. The van der Waals surface area contributed by atoms with Crippen molar-refractivity contribution in [1.82, 2.24) is 5.32 Å². The van der Waals surface area contributed by atoms with Crippen molar-refractivity contribution in [3.8, 4) is 0 Å². The molecule has 15 heavy (non-hydrogen) atoms. The number of ether oxygens (including phenoxy) is 2. The van der Waals surface area contributed by atoms with Gasteiger partial charge in [-0.25, -0.2) is 0 Å². The summed E-state index contributed by atoms with van der Waals surface area (Å²) in [6, 6.07) is 0.552. The summed E-state index contributed by atoms with van der Waals surface area (Å²) in [6.45, 7) is 11.8. The number of rotatable bonds is 10. The standard InChI is InChI=1S/C12H27NO2/c1-5-7-13-12(4)6-8-14-9-10-15-11(2)3/h11-13H,5-10H2,1-4H3.